The van der Waals surface area contributed by atoms with Crippen molar-refractivity contribution in [2.24, 2.45) is 0 Å². The number of carbonyl (C=O) groups excluding carboxylic acids is 1. The number of amides is 1. The molecule has 5 unspecified atom stereocenters. The second-order valence-corrected chi connectivity index (χ2v) is 7.14. The van der Waals surface area contributed by atoms with Crippen molar-refractivity contribution in [1.29, 1.82) is 0 Å². The van der Waals surface area contributed by atoms with Crippen molar-refractivity contribution in [2.75, 3.05) is 12.3 Å². The minimum absolute atomic E-state index is 0.00462. The fourth-order valence-corrected chi connectivity index (χ4v) is 3.20. The highest BCUT2D eigenvalue weighted by atomic mass is 16.7. The number of fused-ring (bicyclic) bond motifs is 1. The molecule has 7 atom stereocenters. The number of hydrogen-bond acceptors (Lipinski definition) is 12. The molecule has 14 heteroatoms. The summed E-state index contributed by atoms with van der Waals surface area (Å²) in [7, 11) is 0. The van der Waals surface area contributed by atoms with Crippen LogP contribution in [-0.4, -0.2) is 89.6 Å². The van der Waals surface area contributed by atoms with Crippen LogP contribution in [-0.2, 0) is 14.3 Å². The van der Waals surface area contributed by atoms with E-state index in [2.05, 4.69) is 25.3 Å². The van der Waals surface area contributed by atoms with Gasteiger partial charge in [0, 0.05) is 6.92 Å². The number of nitrogens with zero attached hydrogens (tertiary/aromatic N) is 3. The largest absolute Gasteiger partial charge is 0.394 e. The summed E-state index contributed by atoms with van der Waals surface area (Å²) >= 11 is 0. The molecule has 31 heavy (non-hydrogen) atoms. The van der Waals surface area contributed by atoms with Crippen LogP contribution < -0.4 is 16.6 Å². The van der Waals surface area contributed by atoms with E-state index < -0.39 is 60.9 Å². The standard InChI is InChI=1S/C17H24N6O8/c1-5(11(26)7-3-19-14-10(21-7)15(29)23-17(18)22-14)30-16-9(20-6(2)25)13(28)12(27)8(4-24)31-16/h3,5,8-9,11-13,16,24,26-28H,4H2,1-2H3,(H,20,25)(H3,18,19,22,23,29)/t5-,8?,9?,11-,12?,13?,16?/m0/s1. The Morgan fingerprint density at radius 2 is 2.10 bits per heavy atom. The molecule has 170 valence electrons. The number of anilines is 1. The molecule has 0 saturated carbocycles. The first-order valence-corrected chi connectivity index (χ1v) is 9.38. The van der Waals surface area contributed by atoms with Crippen LogP contribution >= 0.6 is 0 Å². The number of aromatic amines is 1. The second-order valence-electron chi connectivity index (χ2n) is 7.14. The molecule has 1 saturated heterocycles. The van der Waals surface area contributed by atoms with Crippen LogP contribution in [0.5, 0.6) is 0 Å². The fraction of sp³-hybridized carbons (Fsp3) is 0.588. The van der Waals surface area contributed by atoms with Gasteiger partial charge in [-0.25, -0.2) is 9.97 Å². The number of aromatic nitrogens is 4. The van der Waals surface area contributed by atoms with Gasteiger partial charge in [-0.15, -0.1) is 0 Å². The summed E-state index contributed by atoms with van der Waals surface area (Å²) in [6.07, 6.45) is -6.70. The van der Waals surface area contributed by atoms with Gasteiger partial charge in [-0.1, -0.05) is 0 Å². The van der Waals surface area contributed by atoms with Crippen molar-refractivity contribution in [1.82, 2.24) is 25.3 Å². The van der Waals surface area contributed by atoms with Gasteiger partial charge in [0.05, 0.1) is 24.6 Å². The molecule has 0 radical (unpaired) electrons. The Morgan fingerprint density at radius 3 is 2.74 bits per heavy atom. The highest BCUT2D eigenvalue weighted by Crippen LogP contribution is 2.26. The van der Waals surface area contributed by atoms with Gasteiger partial charge in [-0.05, 0) is 6.92 Å². The third kappa shape index (κ3) is 4.79. The van der Waals surface area contributed by atoms with E-state index in [9.17, 15) is 30.0 Å². The maximum atomic E-state index is 12.0. The molecule has 0 bridgehead atoms. The van der Waals surface area contributed by atoms with Crippen LogP contribution in [0, 0.1) is 0 Å². The lowest BCUT2D eigenvalue weighted by atomic mass is 9.96. The van der Waals surface area contributed by atoms with Crippen LogP contribution in [0.25, 0.3) is 11.2 Å². The number of aliphatic hydroxyl groups excluding tert-OH is 4. The number of rotatable bonds is 6. The van der Waals surface area contributed by atoms with E-state index in [-0.39, 0.29) is 22.8 Å². The summed E-state index contributed by atoms with van der Waals surface area (Å²) in [6.45, 7) is 2.05. The van der Waals surface area contributed by atoms with Gasteiger partial charge in [0.25, 0.3) is 5.56 Å². The van der Waals surface area contributed by atoms with Crippen molar-refractivity contribution >= 4 is 23.0 Å². The number of ether oxygens (including phenoxy) is 2. The van der Waals surface area contributed by atoms with Crippen molar-refractivity contribution in [3.8, 4) is 0 Å². The molecule has 0 spiro atoms. The summed E-state index contributed by atoms with van der Waals surface area (Å²) in [6, 6.07) is -1.18. The molecule has 1 aliphatic heterocycles. The molecule has 14 nitrogen and oxygen atoms in total. The first kappa shape index (κ1) is 22.9. The smallest absolute Gasteiger partial charge is 0.280 e. The Kier molecular flexibility index (Phi) is 6.78. The Hall–Kier alpha value is -2.75. The zero-order valence-corrected chi connectivity index (χ0v) is 16.7. The summed E-state index contributed by atoms with van der Waals surface area (Å²) < 4.78 is 11.1. The number of carbonyl (C=O) groups is 1. The predicted molar refractivity (Wildman–Crippen MR) is 103 cm³/mol. The van der Waals surface area contributed by atoms with Crippen LogP contribution in [0.4, 0.5) is 5.95 Å². The zero-order chi connectivity index (χ0) is 22.9. The Balaban J connectivity index is 1.82. The van der Waals surface area contributed by atoms with Gasteiger partial charge in [-0.2, -0.15) is 4.98 Å². The number of hydrogen-bond donors (Lipinski definition) is 7. The summed E-state index contributed by atoms with van der Waals surface area (Å²) in [4.78, 5) is 37.7. The van der Waals surface area contributed by atoms with Crippen molar-refractivity contribution < 1.29 is 34.7 Å². The Morgan fingerprint density at radius 1 is 1.39 bits per heavy atom. The lowest BCUT2D eigenvalue weighted by Crippen LogP contribution is -2.65. The Bertz CT molecular complexity index is 1000. The molecule has 2 aromatic rings. The van der Waals surface area contributed by atoms with Gasteiger partial charge in [0.2, 0.25) is 11.9 Å². The van der Waals surface area contributed by atoms with Gasteiger partial charge >= 0.3 is 0 Å². The van der Waals surface area contributed by atoms with E-state index >= 15 is 0 Å². The number of aliphatic hydroxyl groups is 4. The molecule has 3 rings (SSSR count). The van der Waals surface area contributed by atoms with E-state index in [1.165, 1.54) is 20.0 Å². The fourth-order valence-electron chi connectivity index (χ4n) is 3.20. The normalized spacial score (nSPS) is 28.3. The topological polar surface area (TPSA) is 226 Å². The SMILES string of the molecule is CC(=O)NC1C(O[C@@H](C)[C@H](O)c2cnc3nc(N)[nH]c(=O)c3n2)OC(CO)C(O)C1O. The van der Waals surface area contributed by atoms with Crippen LogP contribution in [0.2, 0.25) is 0 Å². The minimum atomic E-state index is -1.50. The van der Waals surface area contributed by atoms with E-state index in [0.29, 0.717) is 0 Å². The van der Waals surface area contributed by atoms with Crippen LogP contribution in [0.3, 0.4) is 0 Å². The minimum Gasteiger partial charge on any atom is -0.394 e. The lowest BCUT2D eigenvalue weighted by molar-refractivity contribution is -0.287. The van der Waals surface area contributed by atoms with Crippen molar-refractivity contribution in [3.05, 3.63) is 22.2 Å². The highest BCUT2D eigenvalue weighted by Gasteiger charge is 2.46. The number of nitrogens with two attached hydrogens (primary N) is 1. The molecule has 1 fully saturated rings. The van der Waals surface area contributed by atoms with Crippen LogP contribution in [0.15, 0.2) is 11.0 Å². The molecule has 1 aliphatic rings. The zero-order valence-electron chi connectivity index (χ0n) is 16.7. The van der Waals surface area contributed by atoms with Gasteiger partial charge < -0.3 is 41.0 Å². The van der Waals surface area contributed by atoms with E-state index in [4.69, 9.17) is 15.2 Å². The van der Waals surface area contributed by atoms with Crippen LogP contribution in [0.1, 0.15) is 25.6 Å². The number of nitrogens with one attached hydrogen (secondary N) is 2. The lowest BCUT2D eigenvalue weighted by Gasteiger charge is -2.43. The van der Waals surface area contributed by atoms with Gasteiger partial charge in [0.15, 0.2) is 17.5 Å². The maximum absolute atomic E-state index is 12.0. The van der Waals surface area contributed by atoms with Crippen molar-refractivity contribution in [2.45, 2.75) is 56.7 Å². The average Bonchev–Trinajstić information content (AvgIpc) is 2.72. The third-order valence-corrected chi connectivity index (χ3v) is 4.80. The van der Waals surface area contributed by atoms with E-state index in [1.54, 1.807) is 0 Å². The van der Waals surface area contributed by atoms with Gasteiger partial charge in [0.1, 0.15) is 30.5 Å². The molecular formula is C17H24N6O8. The summed E-state index contributed by atoms with van der Waals surface area (Å²) in [5.41, 5.74) is 4.67. The summed E-state index contributed by atoms with van der Waals surface area (Å²) in [5.74, 6) is -0.648. The molecule has 0 aliphatic carbocycles. The Labute approximate surface area is 175 Å². The highest BCUT2D eigenvalue weighted by molar-refractivity contribution is 5.73. The first-order valence-electron chi connectivity index (χ1n) is 9.38. The molecule has 3 heterocycles. The molecule has 8 N–H and O–H groups in total. The molecule has 0 aromatic carbocycles. The summed E-state index contributed by atoms with van der Waals surface area (Å²) in [5, 5.41) is 42.8. The monoisotopic (exact) mass is 440 g/mol. The van der Waals surface area contributed by atoms with Crippen molar-refractivity contribution in [3.63, 3.8) is 0 Å². The molecular weight excluding hydrogens is 416 g/mol. The van der Waals surface area contributed by atoms with E-state index in [1.807, 2.05) is 0 Å². The quantitative estimate of drug-likeness (QED) is 0.234. The maximum Gasteiger partial charge on any atom is 0.280 e. The second kappa shape index (κ2) is 9.17. The van der Waals surface area contributed by atoms with E-state index in [0.717, 1.165) is 0 Å². The predicted octanol–water partition coefficient (Wildman–Crippen LogP) is -3.32. The third-order valence-electron chi connectivity index (χ3n) is 4.80. The molecule has 2 aromatic heterocycles. The molecule has 1 amide bonds. The average molecular weight is 440 g/mol. The number of nitrogen functional groups attached to an aromatic ring is 1. The van der Waals surface area contributed by atoms with Gasteiger partial charge in [-0.3, -0.25) is 14.6 Å². The number of H-pyrrole nitrogens is 1. The first-order chi connectivity index (χ1) is 14.6.